The van der Waals surface area contributed by atoms with Gasteiger partial charge in [0.1, 0.15) is 0 Å². The van der Waals surface area contributed by atoms with Crippen molar-refractivity contribution in [3.05, 3.63) is 11.6 Å². The van der Waals surface area contributed by atoms with Crippen LogP contribution in [0.2, 0.25) is 0 Å². The van der Waals surface area contributed by atoms with Crippen molar-refractivity contribution < 1.29 is 5.11 Å². The Morgan fingerprint density at radius 1 is 1.17 bits per heavy atom. The summed E-state index contributed by atoms with van der Waals surface area (Å²) in [5.41, 5.74) is 1.65. The van der Waals surface area contributed by atoms with E-state index in [1.54, 1.807) is 5.57 Å². The zero-order valence-electron chi connectivity index (χ0n) is 7.63. The van der Waals surface area contributed by atoms with Crippen molar-refractivity contribution in [2.45, 2.75) is 51.0 Å². The largest absolute Gasteiger partial charge is 0.393 e. The number of fused-ring (bicyclic) bond motifs is 1. The Hall–Kier alpha value is -0.300. The first-order valence-electron chi connectivity index (χ1n) is 5.23. The van der Waals surface area contributed by atoms with Gasteiger partial charge >= 0.3 is 0 Å². The molecule has 0 radical (unpaired) electrons. The van der Waals surface area contributed by atoms with Crippen molar-refractivity contribution in [2.75, 3.05) is 0 Å². The smallest absolute Gasteiger partial charge is 0.0575 e. The Kier molecular flexibility index (Phi) is 2.50. The molecule has 1 unspecified atom stereocenters. The molecule has 0 aromatic carbocycles. The van der Waals surface area contributed by atoms with E-state index in [0.29, 0.717) is 0 Å². The van der Waals surface area contributed by atoms with Crippen molar-refractivity contribution in [3.63, 3.8) is 0 Å². The van der Waals surface area contributed by atoms with Gasteiger partial charge in [-0.1, -0.05) is 18.1 Å². The Morgan fingerprint density at radius 3 is 3.00 bits per heavy atom. The zero-order valence-corrected chi connectivity index (χ0v) is 7.63. The summed E-state index contributed by atoms with van der Waals surface area (Å²) in [4.78, 5) is 0. The SMILES string of the molecule is O[C@H]1CC=C2CCCCC2CC1. The van der Waals surface area contributed by atoms with Crippen molar-refractivity contribution in [1.82, 2.24) is 0 Å². The van der Waals surface area contributed by atoms with Gasteiger partial charge in [0, 0.05) is 0 Å². The maximum atomic E-state index is 9.49. The molecule has 0 aliphatic heterocycles. The van der Waals surface area contributed by atoms with Gasteiger partial charge in [0.2, 0.25) is 0 Å². The van der Waals surface area contributed by atoms with Crippen LogP contribution in [-0.2, 0) is 0 Å². The average Bonchev–Trinajstić information content (AvgIpc) is 2.29. The fourth-order valence-corrected chi connectivity index (χ4v) is 2.51. The fraction of sp³-hybridized carbons (Fsp3) is 0.818. The normalized spacial score (nSPS) is 36.6. The van der Waals surface area contributed by atoms with Crippen LogP contribution in [0.5, 0.6) is 0 Å². The van der Waals surface area contributed by atoms with E-state index in [4.69, 9.17) is 0 Å². The standard InChI is InChI=1S/C11H18O/c12-11-7-5-9-3-1-2-4-10(9)6-8-11/h5,10-12H,1-4,6-8H2/t10?,11-/m0/s1. The van der Waals surface area contributed by atoms with Crippen LogP contribution < -0.4 is 0 Å². The van der Waals surface area contributed by atoms with E-state index in [1.807, 2.05) is 0 Å². The van der Waals surface area contributed by atoms with Gasteiger partial charge in [0.25, 0.3) is 0 Å². The van der Waals surface area contributed by atoms with Gasteiger partial charge in [0.15, 0.2) is 0 Å². The first-order valence-corrected chi connectivity index (χ1v) is 5.23. The highest BCUT2D eigenvalue weighted by Crippen LogP contribution is 2.35. The molecule has 0 aromatic heterocycles. The second-order valence-electron chi connectivity index (χ2n) is 4.19. The molecule has 2 atom stereocenters. The molecule has 1 heteroatoms. The lowest BCUT2D eigenvalue weighted by atomic mass is 9.82. The van der Waals surface area contributed by atoms with Gasteiger partial charge in [-0.25, -0.2) is 0 Å². The first kappa shape index (κ1) is 8.31. The van der Waals surface area contributed by atoms with Crippen LogP contribution in [0.3, 0.4) is 0 Å². The maximum absolute atomic E-state index is 9.49. The van der Waals surface area contributed by atoms with Crippen LogP contribution in [0, 0.1) is 5.92 Å². The summed E-state index contributed by atoms with van der Waals surface area (Å²) < 4.78 is 0. The molecule has 1 nitrogen and oxygen atoms in total. The molecule has 2 aliphatic rings. The summed E-state index contributed by atoms with van der Waals surface area (Å²) in [6.45, 7) is 0. The molecule has 2 rings (SSSR count). The van der Waals surface area contributed by atoms with Crippen LogP contribution in [0.4, 0.5) is 0 Å². The van der Waals surface area contributed by atoms with Gasteiger partial charge < -0.3 is 5.11 Å². The predicted molar refractivity (Wildman–Crippen MR) is 49.9 cm³/mol. The number of aliphatic hydroxyl groups is 1. The zero-order chi connectivity index (χ0) is 8.39. The van der Waals surface area contributed by atoms with E-state index in [1.165, 1.54) is 32.1 Å². The molecule has 68 valence electrons. The lowest BCUT2D eigenvalue weighted by Gasteiger charge is -2.23. The maximum Gasteiger partial charge on any atom is 0.0575 e. The molecular weight excluding hydrogens is 148 g/mol. The molecule has 1 saturated carbocycles. The van der Waals surface area contributed by atoms with Gasteiger partial charge in [0.05, 0.1) is 6.10 Å². The summed E-state index contributed by atoms with van der Waals surface area (Å²) in [6, 6.07) is 0. The van der Waals surface area contributed by atoms with Crippen molar-refractivity contribution in [3.8, 4) is 0 Å². The van der Waals surface area contributed by atoms with Crippen molar-refractivity contribution in [2.24, 2.45) is 5.92 Å². The molecule has 1 fully saturated rings. The molecule has 0 spiro atoms. The van der Waals surface area contributed by atoms with Gasteiger partial charge in [-0.3, -0.25) is 0 Å². The fourth-order valence-electron chi connectivity index (χ4n) is 2.51. The highest BCUT2D eigenvalue weighted by molar-refractivity contribution is 5.11. The van der Waals surface area contributed by atoms with E-state index in [-0.39, 0.29) is 6.10 Å². The second-order valence-corrected chi connectivity index (χ2v) is 4.19. The van der Waals surface area contributed by atoms with Crippen molar-refractivity contribution >= 4 is 0 Å². The van der Waals surface area contributed by atoms with Gasteiger partial charge in [-0.15, -0.1) is 0 Å². The predicted octanol–water partition coefficient (Wildman–Crippen LogP) is 2.65. The minimum absolute atomic E-state index is 0.0527. The molecule has 0 amide bonds. The Labute approximate surface area is 74.5 Å². The number of aliphatic hydroxyl groups excluding tert-OH is 1. The van der Waals surface area contributed by atoms with Crippen LogP contribution in [-0.4, -0.2) is 11.2 Å². The molecule has 0 heterocycles. The number of rotatable bonds is 0. The molecule has 2 aliphatic carbocycles. The van der Waals surface area contributed by atoms with Gasteiger partial charge in [-0.2, -0.15) is 0 Å². The summed E-state index contributed by atoms with van der Waals surface area (Å²) >= 11 is 0. The van der Waals surface area contributed by atoms with E-state index < -0.39 is 0 Å². The van der Waals surface area contributed by atoms with Crippen LogP contribution in [0.15, 0.2) is 11.6 Å². The lowest BCUT2D eigenvalue weighted by Crippen LogP contribution is -2.09. The average molecular weight is 166 g/mol. The van der Waals surface area contributed by atoms with Crippen LogP contribution in [0.25, 0.3) is 0 Å². The number of hydrogen-bond acceptors (Lipinski definition) is 1. The third-order valence-electron chi connectivity index (χ3n) is 3.29. The molecule has 0 bridgehead atoms. The summed E-state index contributed by atoms with van der Waals surface area (Å²) in [5.74, 6) is 0.830. The molecule has 1 N–H and O–H groups in total. The quantitative estimate of drug-likeness (QED) is 0.548. The van der Waals surface area contributed by atoms with E-state index >= 15 is 0 Å². The topological polar surface area (TPSA) is 20.2 Å². The summed E-state index contributed by atoms with van der Waals surface area (Å²) in [6.07, 6.45) is 10.9. The third-order valence-corrected chi connectivity index (χ3v) is 3.29. The third kappa shape index (κ3) is 1.71. The number of allylic oxidation sites excluding steroid dienone is 1. The van der Waals surface area contributed by atoms with E-state index in [9.17, 15) is 5.11 Å². The Balaban J connectivity index is 2.06. The summed E-state index contributed by atoms with van der Waals surface area (Å²) in [5, 5.41) is 9.49. The Morgan fingerprint density at radius 2 is 2.08 bits per heavy atom. The van der Waals surface area contributed by atoms with Gasteiger partial charge in [-0.05, 0) is 44.4 Å². The monoisotopic (exact) mass is 166 g/mol. The molecule has 0 saturated heterocycles. The van der Waals surface area contributed by atoms with E-state index in [2.05, 4.69) is 6.08 Å². The summed E-state index contributed by atoms with van der Waals surface area (Å²) in [7, 11) is 0. The highest BCUT2D eigenvalue weighted by atomic mass is 16.3. The van der Waals surface area contributed by atoms with Crippen molar-refractivity contribution in [1.29, 1.82) is 0 Å². The minimum Gasteiger partial charge on any atom is -0.393 e. The number of hydrogen-bond donors (Lipinski definition) is 1. The Bertz CT molecular complexity index is 183. The molecular formula is C11H18O. The first-order chi connectivity index (χ1) is 5.86. The van der Waals surface area contributed by atoms with Crippen LogP contribution >= 0.6 is 0 Å². The van der Waals surface area contributed by atoms with Crippen LogP contribution in [0.1, 0.15) is 44.9 Å². The lowest BCUT2D eigenvalue weighted by molar-refractivity contribution is 0.162. The minimum atomic E-state index is -0.0527. The second kappa shape index (κ2) is 3.61. The molecule has 12 heavy (non-hydrogen) atoms. The van der Waals surface area contributed by atoms with E-state index in [0.717, 1.165) is 18.8 Å². The highest BCUT2D eigenvalue weighted by Gasteiger charge is 2.22. The molecule has 0 aromatic rings.